The summed E-state index contributed by atoms with van der Waals surface area (Å²) in [7, 11) is 0. The smallest absolute Gasteiger partial charge is 0.490 e. The van der Waals surface area contributed by atoms with Gasteiger partial charge in [0.2, 0.25) is 0 Å². The third-order valence-electron chi connectivity index (χ3n) is 6.29. The molecule has 0 saturated carbocycles. The number of alkyl halides is 3. The van der Waals surface area contributed by atoms with E-state index < -0.39 is 12.1 Å². The summed E-state index contributed by atoms with van der Waals surface area (Å²) in [4.78, 5) is 26.2. The monoisotopic (exact) mass is 615 g/mol. The number of urea groups is 1. The molecule has 0 bridgehead atoms. The van der Waals surface area contributed by atoms with Crippen LogP contribution in [0.5, 0.6) is 5.75 Å². The van der Waals surface area contributed by atoms with E-state index in [1.165, 1.54) is 11.1 Å². The summed E-state index contributed by atoms with van der Waals surface area (Å²) < 4.78 is 38.7. The van der Waals surface area contributed by atoms with Crippen LogP contribution in [0.4, 0.5) is 29.3 Å². The molecular formula is C28H37BrF3N3O4. The van der Waals surface area contributed by atoms with Gasteiger partial charge in [0.1, 0.15) is 12.4 Å². The molecule has 0 unspecified atom stereocenters. The fraction of sp³-hybridized carbons (Fsp3) is 0.500. The Morgan fingerprint density at radius 2 is 1.69 bits per heavy atom. The van der Waals surface area contributed by atoms with Crippen LogP contribution in [-0.2, 0) is 11.2 Å². The first-order chi connectivity index (χ1) is 18.1. The molecule has 0 fully saturated rings. The van der Waals surface area contributed by atoms with E-state index in [-0.39, 0.29) is 6.03 Å². The third-order valence-corrected chi connectivity index (χ3v) is 6.94. The Morgan fingerprint density at radius 1 is 1.08 bits per heavy atom. The van der Waals surface area contributed by atoms with E-state index in [1.54, 1.807) is 4.90 Å². The molecule has 1 aliphatic heterocycles. The molecule has 1 heterocycles. The number of carboxylic acids is 1. The standard InChI is InChI=1S/C26H36BrN3O2.C2HF3O2/c1-17(2)21-8-10-24(23(27)15-21)28-26(31)30-12-11-20-7-9-22(16-25(20)30)32-14-13-29(18(3)4)19(5)6;3-2(4,5)1(6)7/h7-10,15-19H,11-14H2,1-6H3,(H,28,31);(H,6,7). The second kappa shape index (κ2) is 14.0. The van der Waals surface area contributed by atoms with E-state index >= 15 is 0 Å². The van der Waals surface area contributed by atoms with Crippen molar-refractivity contribution in [1.82, 2.24) is 4.90 Å². The van der Waals surface area contributed by atoms with Crippen LogP contribution in [0.15, 0.2) is 40.9 Å². The molecule has 0 aromatic heterocycles. The van der Waals surface area contributed by atoms with Crippen molar-refractivity contribution in [1.29, 1.82) is 0 Å². The molecule has 0 atom stereocenters. The number of nitrogens with zero attached hydrogens (tertiary/aromatic N) is 2. The van der Waals surface area contributed by atoms with Crippen molar-refractivity contribution in [3.63, 3.8) is 0 Å². The number of rotatable bonds is 8. The number of carboxylic acid groups (broad SMARTS) is 1. The van der Waals surface area contributed by atoms with Gasteiger partial charge in [0.25, 0.3) is 0 Å². The highest BCUT2D eigenvalue weighted by molar-refractivity contribution is 9.10. The number of hydrogen-bond acceptors (Lipinski definition) is 4. The number of carbonyl (C=O) groups is 2. The Bertz CT molecular complexity index is 1130. The molecular weight excluding hydrogens is 579 g/mol. The van der Waals surface area contributed by atoms with E-state index in [2.05, 4.69) is 85.9 Å². The molecule has 0 spiro atoms. The summed E-state index contributed by atoms with van der Waals surface area (Å²) in [5, 5.41) is 10.2. The molecule has 0 saturated heterocycles. The molecule has 2 aromatic rings. The number of aliphatic carboxylic acids is 1. The summed E-state index contributed by atoms with van der Waals surface area (Å²) in [5.41, 5.74) is 4.12. The molecule has 2 N–H and O–H groups in total. The number of carbonyl (C=O) groups excluding carboxylic acids is 1. The first kappa shape index (κ1) is 32.4. The second-order valence-electron chi connectivity index (χ2n) is 10.1. The lowest BCUT2D eigenvalue weighted by atomic mass is 10.0. The first-order valence-corrected chi connectivity index (χ1v) is 13.6. The van der Waals surface area contributed by atoms with Crippen LogP contribution in [0.3, 0.4) is 0 Å². The molecule has 11 heteroatoms. The number of anilines is 2. The summed E-state index contributed by atoms with van der Waals surface area (Å²) in [5.74, 6) is -1.51. The van der Waals surface area contributed by atoms with Crippen molar-refractivity contribution in [3.8, 4) is 5.75 Å². The normalized spacial score (nSPS) is 13.0. The minimum atomic E-state index is -5.08. The minimum absolute atomic E-state index is 0.121. The van der Waals surface area contributed by atoms with E-state index in [0.29, 0.717) is 31.2 Å². The summed E-state index contributed by atoms with van der Waals surface area (Å²) in [6.07, 6.45) is -4.23. The Balaban J connectivity index is 0.000000673. The minimum Gasteiger partial charge on any atom is -0.492 e. The largest absolute Gasteiger partial charge is 0.492 e. The van der Waals surface area contributed by atoms with Crippen molar-refractivity contribution in [2.24, 2.45) is 0 Å². The molecule has 3 rings (SSSR count). The van der Waals surface area contributed by atoms with Gasteiger partial charge in [-0.3, -0.25) is 9.80 Å². The zero-order valence-corrected chi connectivity index (χ0v) is 24.7. The Kier molecular flexibility index (Phi) is 11.7. The maximum absolute atomic E-state index is 13.1. The molecule has 216 valence electrons. The van der Waals surface area contributed by atoms with Crippen molar-refractivity contribution in [3.05, 3.63) is 52.0 Å². The number of benzene rings is 2. The van der Waals surface area contributed by atoms with Gasteiger partial charge in [-0.1, -0.05) is 26.0 Å². The Hall–Kier alpha value is -2.79. The lowest BCUT2D eigenvalue weighted by Crippen LogP contribution is -2.39. The van der Waals surface area contributed by atoms with Crippen LogP contribution in [0, 0.1) is 0 Å². The highest BCUT2D eigenvalue weighted by Crippen LogP contribution is 2.33. The lowest BCUT2D eigenvalue weighted by molar-refractivity contribution is -0.192. The molecule has 0 radical (unpaired) electrons. The molecule has 1 aliphatic rings. The number of halogens is 4. The Labute approximate surface area is 236 Å². The van der Waals surface area contributed by atoms with Crippen molar-refractivity contribution in [2.75, 3.05) is 29.9 Å². The molecule has 39 heavy (non-hydrogen) atoms. The van der Waals surface area contributed by atoms with Gasteiger partial charge in [-0.2, -0.15) is 13.2 Å². The van der Waals surface area contributed by atoms with Gasteiger partial charge in [-0.25, -0.2) is 9.59 Å². The molecule has 7 nitrogen and oxygen atoms in total. The fourth-order valence-electron chi connectivity index (χ4n) is 4.22. The third kappa shape index (κ3) is 9.42. The van der Waals surface area contributed by atoms with E-state index in [0.717, 1.165) is 34.6 Å². The van der Waals surface area contributed by atoms with Crippen LogP contribution < -0.4 is 15.0 Å². The van der Waals surface area contributed by atoms with Crippen LogP contribution in [0.25, 0.3) is 0 Å². The highest BCUT2D eigenvalue weighted by Gasteiger charge is 2.38. The fourth-order valence-corrected chi connectivity index (χ4v) is 4.71. The number of hydrogen-bond donors (Lipinski definition) is 2. The van der Waals surface area contributed by atoms with Crippen LogP contribution in [-0.4, -0.2) is 60.0 Å². The van der Waals surface area contributed by atoms with E-state index in [4.69, 9.17) is 14.6 Å². The lowest BCUT2D eigenvalue weighted by Gasteiger charge is -2.30. The van der Waals surface area contributed by atoms with E-state index in [1.807, 2.05) is 18.2 Å². The number of ether oxygens (including phenoxy) is 1. The number of fused-ring (bicyclic) bond motifs is 1. The molecule has 0 aliphatic carbocycles. The van der Waals surface area contributed by atoms with Gasteiger partial charge >= 0.3 is 18.2 Å². The zero-order valence-electron chi connectivity index (χ0n) is 23.1. The highest BCUT2D eigenvalue weighted by atomic mass is 79.9. The average Bonchev–Trinajstić information content (AvgIpc) is 3.25. The van der Waals surface area contributed by atoms with Crippen LogP contribution in [0.1, 0.15) is 58.6 Å². The second-order valence-corrected chi connectivity index (χ2v) is 10.9. The predicted molar refractivity (Wildman–Crippen MR) is 151 cm³/mol. The van der Waals surface area contributed by atoms with Crippen molar-refractivity contribution >= 4 is 39.3 Å². The van der Waals surface area contributed by atoms with Gasteiger partial charge < -0.3 is 15.2 Å². The number of amides is 2. The predicted octanol–water partition coefficient (Wildman–Crippen LogP) is 7.30. The zero-order chi connectivity index (χ0) is 29.5. The maximum Gasteiger partial charge on any atom is 0.490 e. The summed E-state index contributed by atoms with van der Waals surface area (Å²) in [6.45, 7) is 15.3. The quantitative estimate of drug-likeness (QED) is 0.326. The van der Waals surface area contributed by atoms with Gasteiger partial charge in [0.15, 0.2) is 0 Å². The van der Waals surface area contributed by atoms with Crippen LogP contribution >= 0.6 is 15.9 Å². The molecule has 2 aromatic carbocycles. The Morgan fingerprint density at radius 3 is 2.21 bits per heavy atom. The topological polar surface area (TPSA) is 82.1 Å². The van der Waals surface area contributed by atoms with E-state index in [9.17, 15) is 18.0 Å². The molecule has 2 amide bonds. The summed E-state index contributed by atoms with van der Waals surface area (Å²) in [6, 6.07) is 13.0. The first-order valence-electron chi connectivity index (χ1n) is 12.8. The van der Waals surface area contributed by atoms with Crippen molar-refractivity contribution < 1.29 is 32.6 Å². The van der Waals surface area contributed by atoms with Gasteiger partial charge in [0.05, 0.1) is 11.4 Å². The van der Waals surface area contributed by atoms with Crippen molar-refractivity contribution in [2.45, 2.75) is 72.1 Å². The number of nitrogens with one attached hydrogen (secondary N) is 1. The van der Waals surface area contributed by atoms with Gasteiger partial charge in [0, 0.05) is 35.7 Å². The van der Waals surface area contributed by atoms with Gasteiger partial charge in [-0.15, -0.1) is 0 Å². The van der Waals surface area contributed by atoms with Crippen LogP contribution in [0.2, 0.25) is 0 Å². The van der Waals surface area contributed by atoms with Gasteiger partial charge in [-0.05, 0) is 85.3 Å². The SMILES string of the molecule is CC(C)c1ccc(NC(=O)N2CCc3ccc(OCCN(C(C)C)C(C)C)cc32)c(Br)c1.O=C(O)C(F)(F)F. The summed E-state index contributed by atoms with van der Waals surface area (Å²) >= 11 is 3.60. The average molecular weight is 617 g/mol. The maximum atomic E-state index is 13.1.